The fourth-order valence-electron chi connectivity index (χ4n) is 2.11. The van der Waals surface area contributed by atoms with Gasteiger partial charge in [-0.3, -0.25) is 4.79 Å². The van der Waals surface area contributed by atoms with E-state index in [1.165, 1.54) is 25.3 Å². The van der Waals surface area contributed by atoms with E-state index in [0.717, 1.165) is 12.0 Å². The van der Waals surface area contributed by atoms with Crippen LogP contribution in [0.3, 0.4) is 0 Å². The van der Waals surface area contributed by atoms with Crippen LogP contribution in [0.1, 0.15) is 18.1 Å². The molecule has 0 fully saturated rings. The van der Waals surface area contributed by atoms with Crippen molar-refractivity contribution in [1.82, 2.24) is 0 Å². The first-order valence-corrected chi connectivity index (χ1v) is 7.43. The normalized spacial score (nSPS) is 10.8. The van der Waals surface area contributed by atoms with Gasteiger partial charge in [0.1, 0.15) is 11.6 Å². The number of carbonyl (C=O) groups is 1. The van der Waals surface area contributed by atoms with Crippen LogP contribution in [-0.4, -0.2) is 13.0 Å². The highest BCUT2D eigenvalue weighted by atomic mass is 19.1. The first kappa shape index (κ1) is 17.2. The molecule has 0 heterocycles. The molecule has 2 aromatic rings. The maximum Gasteiger partial charge on any atom is 0.266 e. The minimum Gasteiger partial charge on any atom is -0.494 e. The Hall–Kier alpha value is -3.13. The van der Waals surface area contributed by atoms with Gasteiger partial charge in [-0.15, -0.1) is 0 Å². The third-order valence-corrected chi connectivity index (χ3v) is 3.47. The molecule has 0 saturated carbocycles. The number of hydrogen-bond donors (Lipinski definition) is 1. The van der Waals surface area contributed by atoms with Crippen LogP contribution in [0.15, 0.2) is 48.0 Å². The number of nitrogens with one attached hydrogen (secondary N) is 1. The molecule has 2 aromatic carbocycles. The third-order valence-electron chi connectivity index (χ3n) is 3.47. The summed E-state index contributed by atoms with van der Waals surface area (Å²) in [6, 6.07) is 13.4. The molecule has 122 valence electrons. The predicted octanol–water partition coefficient (Wildman–Crippen LogP) is 3.94. The predicted molar refractivity (Wildman–Crippen MR) is 91.0 cm³/mol. The van der Waals surface area contributed by atoms with E-state index in [2.05, 4.69) is 5.32 Å². The molecule has 0 radical (unpaired) electrons. The fraction of sp³-hybridized carbons (Fsp3) is 0.158. The number of rotatable bonds is 5. The average molecular weight is 324 g/mol. The molecule has 1 amide bonds. The molecule has 1 N–H and O–H groups in total. The SMILES string of the molecule is CCc1ccc(NC(=O)/C(C#N)=C/c2ccc(OC)c(F)c2)cc1. The van der Waals surface area contributed by atoms with Crippen molar-refractivity contribution >= 4 is 17.7 Å². The van der Waals surface area contributed by atoms with Crippen LogP contribution >= 0.6 is 0 Å². The van der Waals surface area contributed by atoms with E-state index in [4.69, 9.17) is 4.74 Å². The zero-order valence-corrected chi connectivity index (χ0v) is 13.5. The number of amides is 1. The molecule has 0 aromatic heterocycles. The number of nitriles is 1. The van der Waals surface area contributed by atoms with E-state index in [1.54, 1.807) is 18.2 Å². The second-order valence-corrected chi connectivity index (χ2v) is 5.07. The number of aryl methyl sites for hydroxylation is 1. The van der Waals surface area contributed by atoms with Crippen LogP contribution in [0, 0.1) is 17.1 Å². The molecule has 0 atom stereocenters. The smallest absolute Gasteiger partial charge is 0.266 e. The number of carbonyl (C=O) groups excluding carboxylic acids is 1. The molecule has 0 bridgehead atoms. The van der Waals surface area contributed by atoms with Crippen molar-refractivity contribution in [3.8, 4) is 11.8 Å². The van der Waals surface area contributed by atoms with E-state index in [1.807, 2.05) is 25.1 Å². The molecule has 0 unspecified atom stereocenters. The van der Waals surface area contributed by atoms with Crippen LogP contribution < -0.4 is 10.1 Å². The maximum absolute atomic E-state index is 13.7. The van der Waals surface area contributed by atoms with E-state index in [0.29, 0.717) is 11.3 Å². The molecule has 5 heteroatoms. The van der Waals surface area contributed by atoms with Gasteiger partial charge >= 0.3 is 0 Å². The van der Waals surface area contributed by atoms with Gasteiger partial charge in [0.25, 0.3) is 5.91 Å². The Morgan fingerprint density at radius 3 is 2.54 bits per heavy atom. The van der Waals surface area contributed by atoms with Crippen LogP contribution in [-0.2, 0) is 11.2 Å². The van der Waals surface area contributed by atoms with Crippen LogP contribution in [0.5, 0.6) is 5.75 Å². The number of anilines is 1. The molecule has 0 spiro atoms. The number of nitrogens with zero attached hydrogens (tertiary/aromatic N) is 1. The van der Waals surface area contributed by atoms with Crippen molar-refractivity contribution in [3.63, 3.8) is 0 Å². The zero-order valence-electron chi connectivity index (χ0n) is 13.5. The Kier molecular flexibility index (Phi) is 5.69. The van der Waals surface area contributed by atoms with Crippen LogP contribution in [0.2, 0.25) is 0 Å². The van der Waals surface area contributed by atoms with Crippen LogP contribution in [0.25, 0.3) is 6.08 Å². The van der Waals surface area contributed by atoms with Gasteiger partial charge in [-0.2, -0.15) is 5.26 Å². The molecule has 24 heavy (non-hydrogen) atoms. The van der Waals surface area contributed by atoms with Gasteiger partial charge in [0.2, 0.25) is 0 Å². The van der Waals surface area contributed by atoms with Gasteiger partial charge in [0, 0.05) is 5.69 Å². The third kappa shape index (κ3) is 4.20. The van der Waals surface area contributed by atoms with Gasteiger partial charge in [0.05, 0.1) is 7.11 Å². The summed E-state index contributed by atoms with van der Waals surface area (Å²) in [6.45, 7) is 2.04. The highest BCUT2D eigenvalue weighted by molar-refractivity contribution is 6.09. The number of benzene rings is 2. The maximum atomic E-state index is 13.7. The summed E-state index contributed by atoms with van der Waals surface area (Å²) in [5, 5.41) is 11.8. The van der Waals surface area contributed by atoms with Gasteiger partial charge in [-0.05, 0) is 47.9 Å². The van der Waals surface area contributed by atoms with Crippen molar-refractivity contribution in [2.75, 3.05) is 12.4 Å². The Morgan fingerprint density at radius 2 is 2.00 bits per heavy atom. The lowest BCUT2D eigenvalue weighted by atomic mass is 10.1. The first-order valence-electron chi connectivity index (χ1n) is 7.43. The average Bonchev–Trinajstić information content (AvgIpc) is 2.60. The minimum absolute atomic E-state index is 0.103. The zero-order chi connectivity index (χ0) is 17.5. The summed E-state index contributed by atoms with van der Waals surface area (Å²) in [7, 11) is 1.37. The second-order valence-electron chi connectivity index (χ2n) is 5.07. The summed E-state index contributed by atoms with van der Waals surface area (Å²) in [6.07, 6.45) is 2.23. The molecule has 0 aliphatic rings. The summed E-state index contributed by atoms with van der Waals surface area (Å²) in [4.78, 5) is 12.2. The monoisotopic (exact) mass is 324 g/mol. The van der Waals surface area contributed by atoms with Crippen molar-refractivity contribution in [2.24, 2.45) is 0 Å². The van der Waals surface area contributed by atoms with E-state index in [9.17, 15) is 14.4 Å². The lowest BCUT2D eigenvalue weighted by Gasteiger charge is -2.06. The molecule has 2 rings (SSSR count). The van der Waals surface area contributed by atoms with Gasteiger partial charge in [-0.25, -0.2) is 4.39 Å². The Labute approximate surface area is 140 Å². The summed E-state index contributed by atoms with van der Waals surface area (Å²) in [5.41, 5.74) is 2.04. The Bertz CT molecular complexity index is 805. The standard InChI is InChI=1S/C19H17FN2O2/c1-3-13-4-7-16(8-5-13)22-19(23)15(12-21)10-14-6-9-18(24-2)17(20)11-14/h4-11H,3H2,1-2H3,(H,22,23)/b15-10+. The first-order chi connectivity index (χ1) is 11.6. The van der Waals surface area contributed by atoms with E-state index in [-0.39, 0.29) is 11.3 Å². The number of hydrogen-bond acceptors (Lipinski definition) is 3. The van der Waals surface area contributed by atoms with Crippen molar-refractivity contribution in [1.29, 1.82) is 5.26 Å². The Balaban J connectivity index is 2.18. The summed E-state index contributed by atoms with van der Waals surface area (Å²) >= 11 is 0. The topological polar surface area (TPSA) is 62.1 Å². The molecule has 0 aliphatic heterocycles. The largest absolute Gasteiger partial charge is 0.494 e. The van der Waals surface area contributed by atoms with Crippen molar-refractivity contribution in [2.45, 2.75) is 13.3 Å². The van der Waals surface area contributed by atoms with E-state index >= 15 is 0 Å². The summed E-state index contributed by atoms with van der Waals surface area (Å²) in [5.74, 6) is -0.997. The highest BCUT2D eigenvalue weighted by Gasteiger charge is 2.10. The number of halogens is 1. The molecule has 0 aliphatic carbocycles. The molecular weight excluding hydrogens is 307 g/mol. The number of methoxy groups -OCH3 is 1. The number of ether oxygens (including phenoxy) is 1. The lowest BCUT2D eigenvalue weighted by Crippen LogP contribution is -2.13. The van der Waals surface area contributed by atoms with Crippen molar-refractivity contribution < 1.29 is 13.9 Å². The fourth-order valence-corrected chi connectivity index (χ4v) is 2.11. The highest BCUT2D eigenvalue weighted by Crippen LogP contribution is 2.20. The Morgan fingerprint density at radius 1 is 1.29 bits per heavy atom. The van der Waals surface area contributed by atoms with Crippen LogP contribution in [0.4, 0.5) is 10.1 Å². The molecule has 4 nitrogen and oxygen atoms in total. The van der Waals surface area contributed by atoms with Gasteiger partial charge < -0.3 is 10.1 Å². The quantitative estimate of drug-likeness (QED) is 0.669. The lowest BCUT2D eigenvalue weighted by molar-refractivity contribution is -0.112. The van der Waals surface area contributed by atoms with Crippen molar-refractivity contribution in [3.05, 3.63) is 65.0 Å². The molecular formula is C19H17FN2O2. The van der Waals surface area contributed by atoms with E-state index < -0.39 is 11.7 Å². The molecule has 0 saturated heterocycles. The summed E-state index contributed by atoms with van der Waals surface area (Å²) < 4.78 is 18.5. The minimum atomic E-state index is -0.556. The van der Waals surface area contributed by atoms with Gasteiger partial charge in [-0.1, -0.05) is 25.1 Å². The second kappa shape index (κ2) is 7.93. The van der Waals surface area contributed by atoms with Gasteiger partial charge in [0.15, 0.2) is 11.6 Å².